The van der Waals surface area contributed by atoms with Gasteiger partial charge in [-0.2, -0.15) is 0 Å². The minimum atomic E-state index is -0.0931. The molecule has 0 saturated carbocycles. The van der Waals surface area contributed by atoms with E-state index in [4.69, 9.17) is 9.47 Å². The van der Waals surface area contributed by atoms with Crippen molar-refractivity contribution in [1.29, 1.82) is 0 Å². The van der Waals surface area contributed by atoms with E-state index >= 15 is 0 Å². The zero-order valence-corrected chi connectivity index (χ0v) is 11.0. The van der Waals surface area contributed by atoms with Gasteiger partial charge in [0.2, 0.25) is 0 Å². The molecule has 1 aromatic carbocycles. The summed E-state index contributed by atoms with van der Waals surface area (Å²) in [6.45, 7) is 11.5. The third kappa shape index (κ3) is 4.23. The summed E-state index contributed by atoms with van der Waals surface area (Å²) < 4.78 is 11.3. The number of hydrogen-bond acceptors (Lipinski definition) is 2. The van der Waals surface area contributed by atoms with Gasteiger partial charge in [-0.05, 0) is 45.7 Å². The summed E-state index contributed by atoms with van der Waals surface area (Å²) >= 11 is 0. The molecular weight excluding hydrogens is 200 g/mol. The average Bonchev–Trinajstić information content (AvgIpc) is 2.14. The molecule has 2 nitrogen and oxygen atoms in total. The van der Waals surface area contributed by atoms with E-state index in [0.717, 1.165) is 5.75 Å². The summed E-state index contributed by atoms with van der Waals surface area (Å²) in [7, 11) is 0. The molecule has 0 aliphatic rings. The number of ether oxygens (including phenoxy) is 2. The highest BCUT2D eigenvalue weighted by molar-refractivity contribution is 5.39. The molecule has 0 heterocycles. The molecule has 0 saturated heterocycles. The Morgan fingerprint density at radius 2 is 1.56 bits per heavy atom. The largest absolute Gasteiger partial charge is 0.491 e. The van der Waals surface area contributed by atoms with E-state index in [1.807, 2.05) is 26.8 Å². The van der Waals surface area contributed by atoms with Gasteiger partial charge >= 0.3 is 0 Å². The molecule has 0 aromatic heterocycles. The lowest BCUT2D eigenvalue weighted by molar-refractivity contribution is -0.0164. The van der Waals surface area contributed by atoms with E-state index in [1.54, 1.807) is 0 Å². The highest BCUT2D eigenvalue weighted by atomic mass is 16.5. The zero-order chi connectivity index (χ0) is 12.2. The van der Waals surface area contributed by atoms with Crippen molar-refractivity contribution in [1.82, 2.24) is 0 Å². The summed E-state index contributed by atoms with van der Waals surface area (Å²) in [6, 6.07) is 6.17. The van der Waals surface area contributed by atoms with Crippen LogP contribution in [0.1, 0.15) is 31.9 Å². The topological polar surface area (TPSA) is 18.5 Å². The maximum atomic E-state index is 5.74. The minimum Gasteiger partial charge on any atom is -0.491 e. The van der Waals surface area contributed by atoms with Crippen LogP contribution in [0.2, 0.25) is 0 Å². The molecule has 0 aliphatic carbocycles. The number of para-hydroxylation sites is 1. The van der Waals surface area contributed by atoms with Crippen LogP contribution < -0.4 is 4.74 Å². The van der Waals surface area contributed by atoms with Gasteiger partial charge in [-0.25, -0.2) is 0 Å². The van der Waals surface area contributed by atoms with Gasteiger partial charge in [-0.3, -0.25) is 0 Å². The van der Waals surface area contributed by atoms with Crippen LogP contribution >= 0.6 is 0 Å². The molecule has 16 heavy (non-hydrogen) atoms. The van der Waals surface area contributed by atoms with Crippen LogP contribution in [0.5, 0.6) is 5.75 Å². The maximum Gasteiger partial charge on any atom is 0.125 e. The van der Waals surface area contributed by atoms with Gasteiger partial charge in [0.05, 0.1) is 12.2 Å². The Hall–Kier alpha value is -1.02. The van der Waals surface area contributed by atoms with E-state index in [2.05, 4.69) is 26.0 Å². The van der Waals surface area contributed by atoms with Crippen LogP contribution in [0, 0.1) is 13.8 Å². The number of rotatable bonds is 4. The maximum absolute atomic E-state index is 5.74. The van der Waals surface area contributed by atoms with Crippen LogP contribution in [-0.4, -0.2) is 18.8 Å². The van der Waals surface area contributed by atoms with Crippen molar-refractivity contribution in [2.24, 2.45) is 0 Å². The first-order valence-corrected chi connectivity index (χ1v) is 5.73. The van der Waals surface area contributed by atoms with Crippen LogP contribution in [0.25, 0.3) is 0 Å². The molecule has 0 spiro atoms. The second-order valence-corrected chi connectivity index (χ2v) is 5.03. The molecule has 0 amide bonds. The molecule has 0 N–H and O–H groups in total. The number of hydrogen-bond donors (Lipinski definition) is 0. The molecule has 1 rings (SSSR count). The van der Waals surface area contributed by atoms with Crippen LogP contribution in [-0.2, 0) is 4.74 Å². The molecule has 0 unspecified atom stereocenters. The molecule has 0 bridgehead atoms. The number of benzene rings is 1. The van der Waals surface area contributed by atoms with Crippen LogP contribution in [0.4, 0.5) is 0 Å². The zero-order valence-electron chi connectivity index (χ0n) is 11.0. The van der Waals surface area contributed by atoms with Gasteiger partial charge in [-0.1, -0.05) is 18.2 Å². The molecule has 0 atom stereocenters. The van der Waals surface area contributed by atoms with Crippen molar-refractivity contribution in [3.8, 4) is 5.75 Å². The fraction of sp³-hybridized carbons (Fsp3) is 0.571. The van der Waals surface area contributed by atoms with Gasteiger partial charge in [0.15, 0.2) is 0 Å². The smallest absolute Gasteiger partial charge is 0.125 e. The third-order valence-corrected chi connectivity index (χ3v) is 2.27. The van der Waals surface area contributed by atoms with Crippen molar-refractivity contribution in [3.05, 3.63) is 29.3 Å². The Bertz CT molecular complexity index is 317. The fourth-order valence-corrected chi connectivity index (χ4v) is 1.52. The van der Waals surface area contributed by atoms with E-state index < -0.39 is 0 Å². The summed E-state index contributed by atoms with van der Waals surface area (Å²) in [5, 5.41) is 0. The SMILES string of the molecule is Cc1cccc(C)c1OCCOC(C)(C)C. The van der Waals surface area contributed by atoms with Crippen molar-refractivity contribution in [3.63, 3.8) is 0 Å². The first-order chi connectivity index (χ1) is 7.40. The van der Waals surface area contributed by atoms with Gasteiger partial charge < -0.3 is 9.47 Å². The molecule has 90 valence electrons. The highest BCUT2D eigenvalue weighted by Crippen LogP contribution is 2.22. The first kappa shape index (κ1) is 13.0. The van der Waals surface area contributed by atoms with Crippen molar-refractivity contribution < 1.29 is 9.47 Å². The highest BCUT2D eigenvalue weighted by Gasteiger charge is 2.09. The molecule has 0 fully saturated rings. The Labute approximate surface area is 98.6 Å². The van der Waals surface area contributed by atoms with E-state index in [0.29, 0.717) is 13.2 Å². The van der Waals surface area contributed by atoms with Gasteiger partial charge in [0, 0.05) is 0 Å². The lowest BCUT2D eigenvalue weighted by Gasteiger charge is -2.20. The van der Waals surface area contributed by atoms with Crippen LogP contribution in [0.15, 0.2) is 18.2 Å². The summed E-state index contributed by atoms with van der Waals surface area (Å²) in [4.78, 5) is 0. The van der Waals surface area contributed by atoms with Gasteiger partial charge in [-0.15, -0.1) is 0 Å². The quantitative estimate of drug-likeness (QED) is 0.726. The molecule has 0 aliphatic heterocycles. The van der Waals surface area contributed by atoms with E-state index in [9.17, 15) is 0 Å². The average molecular weight is 222 g/mol. The molecule has 1 aromatic rings. The first-order valence-electron chi connectivity index (χ1n) is 5.73. The van der Waals surface area contributed by atoms with Gasteiger partial charge in [0.25, 0.3) is 0 Å². The minimum absolute atomic E-state index is 0.0931. The Morgan fingerprint density at radius 1 is 1.00 bits per heavy atom. The Kier molecular flexibility index (Phi) is 4.36. The molecular formula is C14H22O2. The summed E-state index contributed by atoms with van der Waals surface area (Å²) in [5.41, 5.74) is 2.26. The van der Waals surface area contributed by atoms with Crippen molar-refractivity contribution in [2.45, 2.75) is 40.2 Å². The fourth-order valence-electron chi connectivity index (χ4n) is 1.52. The lowest BCUT2D eigenvalue weighted by Crippen LogP contribution is -2.22. The second-order valence-electron chi connectivity index (χ2n) is 5.03. The Balaban J connectivity index is 2.43. The van der Waals surface area contributed by atoms with E-state index in [-0.39, 0.29) is 5.60 Å². The summed E-state index contributed by atoms with van der Waals surface area (Å²) in [5.74, 6) is 0.986. The van der Waals surface area contributed by atoms with E-state index in [1.165, 1.54) is 11.1 Å². The van der Waals surface area contributed by atoms with Crippen LogP contribution in [0.3, 0.4) is 0 Å². The predicted octanol–water partition coefficient (Wildman–Crippen LogP) is 3.50. The monoisotopic (exact) mass is 222 g/mol. The van der Waals surface area contributed by atoms with Gasteiger partial charge in [0.1, 0.15) is 12.4 Å². The second kappa shape index (κ2) is 5.35. The molecule has 2 heteroatoms. The lowest BCUT2D eigenvalue weighted by atomic mass is 10.1. The predicted molar refractivity (Wildman–Crippen MR) is 67.1 cm³/mol. The third-order valence-electron chi connectivity index (χ3n) is 2.27. The Morgan fingerprint density at radius 3 is 2.06 bits per heavy atom. The van der Waals surface area contributed by atoms with Crippen molar-refractivity contribution >= 4 is 0 Å². The number of aryl methyl sites for hydroxylation is 2. The van der Waals surface area contributed by atoms with Crippen molar-refractivity contribution in [2.75, 3.05) is 13.2 Å². The summed E-state index contributed by atoms with van der Waals surface area (Å²) in [6.07, 6.45) is 0. The normalized spacial score (nSPS) is 11.6. The molecule has 0 radical (unpaired) electrons. The standard InChI is InChI=1S/C14H22O2/c1-11-7-6-8-12(2)13(11)15-9-10-16-14(3,4)5/h6-8H,9-10H2,1-5H3.